The molecule has 1 aromatic heterocycles. The molecule has 1 N–H and O–H groups in total. The molecule has 0 fully saturated rings. The fourth-order valence-electron chi connectivity index (χ4n) is 2.83. The van der Waals surface area contributed by atoms with Gasteiger partial charge in [0.2, 0.25) is 0 Å². The zero-order valence-electron chi connectivity index (χ0n) is 8.84. The summed E-state index contributed by atoms with van der Waals surface area (Å²) in [7, 11) is 0. The molecule has 0 radical (unpaired) electrons. The van der Waals surface area contributed by atoms with Crippen LogP contribution in [0.5, 0.6) is 0 Å². The van der Waals surface area contributed by atoms with E-state index < -0.39 is 0 Å². The second kappa shape index (κ2) is 2.86. The summed E-state index contributed by atoms with van der Waals surface area (Å²) in [6.07, 6.45) is 4.38. The Morgan fingerprint density at radius 1 is 1.50 bits per heavy atom. The number of hydrogen-bond acceptors (Lipinski definition) is 2. The molecule has 1 aliphatic heterocycles. The van der Waals surface area contributed by atoms with Crippen LogP contribution in [0.2, 0.25) is 0 Å². The van der Waals surface area contributed by atoms with E-state index in [1.165, 1.54) is 23.3 Å². The predicted molar refractivity (Wildman–Crippen MR) is 54.9 cm³/mol. The van der Waals surface area contributed by atoms with Crippen molar-refractivity contribution >= 4 is 0 Å². The molecule has 2 nitrogen and oxygen atoms in total. The van der Waals surface area contributed by atoms with Crippen molar-refractivity contribution in [2.24, 2.45) is 11.8 Å². The standard InChI is InChI=1S/C12H17NO/c1-7(2)8-3-10-12-9(5-13-10)6-14-11(12)4-8/h6-8,10,13H,3-5H2,1-2H3. The van der Waals surface area contributed by atoms with E-state index >= 15 is 0 Å². The number of hydrogen-bond donors (Lipinski definition) is 1. The van der Waals surface area contributed by atoms with Crippen LogP contribution >= 0.6 is 0 Å². The Morgan fingerprint density at radius 3 is 3.14 bits per heavy atom. The molecule has 2 heterocycles. The quantitative estimate of drug-likeness (QED) is 0.738. The summed E-state index contributed by atoms with van der Waals surface area (Å²) >= 11 is 0. The molecule has 14 heavy (non-hydrogen) atoms. The van der Waals surface area contributed by atoms with Crippen molar-refractivity contribution < 1.29 is 4.42 Å². The number of furan rings is 1. The van der Waals surface area contributed by atoms with E-state index in [0.29, 0.717) is 6.04 Å². The highest BCUT2D eigenvalue weighted by Gasteiger charge is 2.36. The van der Waals surface area contributed by atoms with Gasteiger partial charge in [-0.05, 0) is 18.3 Å². The Balaban J connectivity index is 1.97. The van der Waals surface area contributed by atoms with Crippen molar-refractivity contribution in [2.75, 3.05) is 0 Å². The van der Waals surface area contributed by atoms with Crippen molar-refractivity contribution in [1.29, 1.82) is 0 Å². The molecule has 0 amide bonds. The van der Waals surface area contributed by atoms with Gasteiger partial charge in [0, 0.05) is 30.1 Å². The van der Waals surface area contributed by atoms with Crippen molar-refractivity contribution in [3.05, 3.63) is 23.2 Å². The maximum Gasteiger partial charge on any atom is 0.109 e. The molecule has 0 aromatic carbocycles. The monoisotopic (exact) mass is 191 g/mol. The third-order valence-corrected chi connectivity index (χ3v) is 3.81. The van der Waals surface area contributed by atoms with Gasteiger partial charge in [-0.25, -0.2) is 0 Å². The van der Waals surface area contributed by atoms with E-state index in [0.717, 1.165) is 24.8 Å². The summed E-state index contributed by atoms with van der Waals surface area (Å²) in [6.45, 7) is 5.64. The van der Waals surface area contributed by atoms with Gasteiger partial charge in [0.15, 0.2) is 0 Å². The topological polar surface area (TPSA) is 25.2 Å². The molecule has 0 spiro atoms. The van der Waals surface area contributed by atoms with E-state index in [1.807, 2.05) is 6.26 Å². The van der Waals surface area contributed by atoms with Crippen LogP contribution in [-0.4, -0.2) is 0 Å². The number of rotatable bonds is 1. The van der Waals surface area contributed by atoms with E-state index in [2.05, 4.69) is 19.2 Å². The van der Waals surface area contributed by atoms with Gasteiger partial charge < -0.3 is 9.73 Å². The van der Waals surface area contributed by atoms with Gasteiger partial charge >= 0.3 is 0 Å². The van der Waals surface area contributed by atoms with Crippen LogP contribution in [-0.2, 0) is 13.0 Å². The molecule has 0 saturated carbocycles. The molecule has 2 atom stereocenters. The highest BCUT2D eigenvalue weighted by molar-refractivity contribution is 5.37. The SMILES string of the molecule is CC(C)C1Cc2occ3c2C(C1)NC3. The van der Waals surface area contributed by atoms with Gasteiger partial charge in [0.25, 0.3) is 0 Å². The summed E-state index contributed by atoms with van der Waals surface area (Å²) in [6, 6.07) is 0.583. The lowest BCUT2D eigenvalue weighted by Crippen LogP contribution is -2.25. The van der Waals surface area contributed by atoms with Gasteiger partial charge in [-0.15, -0.1) is 0 Å². The van der Waals surface area contributed by atoms with E-state index in [9.17, 15) is 0 Å². The predicted octanol–water partition coefficient (Wildman–Crippen LogP) is 2.64. The van der Waals surface area contributed by atoms with Crippen molar-refractivity contribution in [1.82, 2.24) is 5.32 Å². The molecule has 2 unspecified atom stereocenters. The average molecular weight is 191 g/mol. The van der Waals surface area contributed by atoms with Crippen LogP contribution in [0.3, 0.4) is 0 Å². The van der Waals surface area contributed by atoms with Crippen LogP contribution in [0.1, 0.15) is 43.2 Å². The third-order valence-electron chi connectivity index (χ3n) is 3.81. The normalized spacial score (nSPS) is 29.6. The highest BCUT2D eigenvalue weighted by Crippen LogP contribution is 2.42. The maximum absolute atomic E-state index is 5.65. The molecule has 76 valence electrons. The van der Waals surface area contributed by atoms with E-state index in [4.69, 9.17) is 4.42 Å². The summed E-state index contributed by atoms with van der Waals surface area (Å²) in [5, 5.41) is 3.57. The smallest absolute Gasteiger partial charge is 0.109 e. The Bertz CT molecular complexity index is 353. The lowest BCUT2D eigenvalue weighted by atomic mass is 9.79. The summed E-state index contributed by atoms with van der Waals surface area (Å²) in [5.74, 6) is 2.80. The molecule has 0 saturated heterocycles. The molecular weight excluding hydrogens is 174 g/mol. The van der Waals surface area contributed by atoms with Crippen molar-refractivity contribution in [3.63, 3.8) is 0 Å². The minimum Gasteiger partial charge on any atom is -0.469 e. The van der Waals surface area contributed by atoms with Crippen LogP contribution in [0.4, 0.5) is 0 Å². The minimum atomic E-state index is 0.583. The lowest BCUT2D eigenvalue weighted by molar-refractivity contribution is 0.271. The molecule has 2 aliphatic rings. The summed E-state index contributed by atoms with van der Waals surface area (Å²) in [5.41, 5.74) is 2.88. The van der Waals surface area contributed by atoms with Crippen LogP contribution < -0.4 is 5.32 Å². The first kappa shape index (κ1) is 8.54. The molecular formula is C12H17NO. The first-order chi connectivity index (χ1) is 6.75. The van der Waals surface area contributed by atoms with Gasteiger partial charge in [0.1, 0.15) is 5.76 Å². The summed E-state index contributed by atoms with van der Waals surface area (Å²) in [4.78, 5) is 0. The average Bonchev–Trinajstić information content (AvgIpc) is 2.74. The first-order valence-electron chi connectivity index (χ1n) is 5.58. The zero-order chi connectivity index (χ0) is 9.71. The molecule has 3 rings (SSSR count). The Hall–Kier alpha value is -0.760. The lowest BCUT2D eigenvalue weighted by Gasteiger charge is -2.29. The molecule has 2 heteroatoms. The Kier molecular flexibility index (Phi) is 1.75. The van der Waals surface area contributed by atoms with E-state index in [1.54, 1.807) is 0 Å². The third kappa shape index (κ3) is 1.07. The minimum absolute atomic E-state index is 0.583. The van der Waals surface area contributed by atoms with Crippen LogP contribution in [0.15, 0.2) is 10.7 Å². The molecule has 1 aliphatic carbocycles. The molecule has 1 aromatic rings. The fraction of sp³-hybridized carbons (Fsp3) is 0.667. The Labute approximate surface area is 84.7 Å². The van der Waals surface area contributed by atoms with Gasteiger partial charge in [-0.2, -0.15) is 0 Å². The molecule has 0 bridgehead atoms. The van der Waals surface area contributed by atoms with Gasteiger partial charge in [0.05, 0.1) is 6.26 Å². The Morgan fingerprint density at radius 2 is 2.36 bits per heavy atom. The van der Waals surface area contributed by atoms with Gasteiger partial charge in [-0.3, -0.25) is 0 Å². The summed E-state index contributed by atoms with van der Waals surface area (Å²) < 4.78 is 5.65. The first-order valence-corrected chi connectivity index (χ1v) is 5.58. The highest BCUT2D eigenvalue weighted by atomic mass is 16.3. The van der Waals surface area contributed by atoms with Crippen LogP contribution in [0, 0.1) is 11.8 Å². The van der Waals surface area contributed by atoms with E-state index in [-0.39, 0.29) is 0 Å². The maximum atomic E-state index is 5.65. The van der Waals surface area contributed by atoms with Crippen LogP contribution in [0.25, 0.3) is 0 Å². The second-order valence-corrected chi connectivity index (χ2v) is 4.98. The fourth-order valence-corrected chi connectivity index (χ4v) is 2.83. The number of nitrogens with one attached hydrogen (secondary N) is 1. The zero-order valence-corrected chi connectivity index (χ0v) is 8.84. The van der Waals surface area contributed by atoms with Crippen molar-refractivity contribution in [3.8, 4) is 0 Å². The largest absolute Gasteiger partial charge is 0.469 e. The second-order valence-electron chi connectivity index (χ2n) is 4.98. The van der Waals surface area contributed by atoms with Crippen molar-refractivity contribution in [2.45, 2.75) is 39.3 Å². The van der Waals surface area contributed by atoms with Gasteiger partial charge in [-0.1, -0.05) is 13.8 Å².